The van der Waals surface area contributed by atoms with Gasteiger partial charge in [0.05, 0.1) is 12.1 Å². The van der Waals surface area contributed by atoms with E-state index in [2.05, 4.69) is 5.32 Å². The summed E-state index contributed by atoms with van der Waals surface area (Å²) in [6.07, 6.45) is 4.05. The summed E-state index contributed by atoms with van der Waals surface area (Å²) >= 11 is 0. The molecule has 5 unspecified atom stereocenters. The summed E-state index contributed by atoms with van der Waals surface area (Å²) in [7, 11) is 0. The molecule has 102 valence electrons. The Hall–Kier alpha value is -0.650. The molecule has 18 heavy (non-hydrogen) atoms. The average Bonchev–Trinajstić information content (AvgIpc) is 2.83. The largest absolute Gasteiger partial charge is 0.376 e. The maximum absolute atomic E-state index is 12.2. The van der Waals surface area contributed by atoms with E-state index in [-0.39, 0.29) is 24.1 Å². The average molecular weight is 254 g/mol. The van der Waals surface area contributed by atoms with Gasteiger partial charge in [0.15, 0.2) is 0 Å². The van der Waals surface area contributed by atoms with Crippen molar-refractivity contribution in [2.45, 2.75) is 56.4 Å². The van der Waals surface area contributed by atoms with Crippen LogP contribution >= 0.6 is 0 Å². The standard InChI is InChI=1S/C13H22N2O3/c1-13(5-3-7-18-13)12(16)15-10-9(14)8-4-2-6-17-11(8)10/h8-11H,2-7,14H2,1H3,(H,15,16). The highest BCUT2D eigenvalue weighted by atomic mass is 16.5. The van der Waals surface area contributed by atoms with Gasteiger partial charge < -0.3 is 20.5 Å². The second-order valence-electron chi connectivity index (χ2n) is 5.90. The molecule has 0 aromatic rings. The van der Waals surface area contributed by atoms with E-state index in [1.54, 1.807) is 0 Å². The molecule has 2 saturated heterocycles. The number of nitrogens with two attached hydrogens (primary N) is 1. The molecule has 3 N–H and O–H groups in total. The number of fused-ring (bicyclic) bond motifs is 1. The lowest BCUT2D eigenvalue weighted by Gasteiger charge is -2.52. The molecule has 1 saturated carbocycles. The highest BCUT2D eigenvalue weighted by Crippen LogP contribution is 2.37. The molecule has 3 fully saturated rings. The van der Waals surface area contributed by atoms with Gasteiger partial charge in [-0.3, -0.25) is 4.79 Å². The summed E-state index contributed by atoms with van der Waals surface area (Å²) in [5.41, 5.74) is 5.46. The molecule has 1 amide bonds. The lowest BCUT2D eigenvalue weighted by molar-refractivity contribution is -0.152. The van der Waals surface area contributed by atoms with Crippen molar-refractivity contribution >= 4 is 5.91 Å². The molecule has 5 atom stereocenters. The van der Waals surface area contributed by atoms with Gasteiger partial charge in [0, 0.05) is 25.2 Å². The number of carbonyl (C=O) groups excluding carboxylic acids is 1. The van der Waals surface area contributed by atoms with Gasteiger partial charge in [0.1, 0.15) is 5.60 Å². The highest BCUT2D eigenvalue weighted by molar-refractivity contribution is 5.85. The Labute approximate surface area is 107 Å². The van der Waals surface area contributed by atoms with Crippen LogP contribution in [0.3, 0.4) is 0 Å². The van der Waals surface area contributed by atoms with Crippen molar-refractivity contribution in [3.05, 3.63) is 0 Å². The van der Waals surface area contributed by atoms with E-state index < -0.39 is 5.60 Å². The van der Waals surface area contributed by atoms with Crippen LogP contribution in [0.25, 0.3) is 0 Å². The minimum absolute atomic E-state index is 0.0317. The first-order valence-corrected chi connectivity index (χ1v) is 6.94. The summed E-state index contributed by atoms with van der Waals surface area (Å²) < 4.78 is 11.3. The number of hydrogen-bond acceptors (Lipinski definition) is 4. The molecule has 3 aliphatic rings. The number of amides is 1. The first-order chi connectivity index (χ1) is 8.62. The van der Waals surface area contributed by atoms with Crippen molar-refractivity contribution in [3.8, 4) is 0 Å². The van der Waals surface area contributed by atoms with Crippen molar-refractivity contribution < 1.29 is 14.3 Å². The summed E-state index contributed by atoms with van der Waals surface area (Å²) in [4.78, 5) is 12.2. The maximum Gasteiger partial charge on any atom is 0.252 e. The van der Waals surface area contributed by atoms with Crippen molar-refractivity contribution in [1.82, 2.24) is 5.32 Å². The second-order valence-corrected chi connectivity index (χ2v) is 5.90. The smallest absolute Gasteiger partial charge is 0.252 e. The van der Waals surface area contributed by atoms with E-state index in [1.807, 2.05) is 6.92 Å². The minimum Gasteiger partial charge on any atom is -0.376 e. The Balaban J connectivity index is 1.61. The van der Waals surface area contributed by atoms with Gasteiger partial charge >= 0.3 is 0 Å². The molecule has 5 heteroatoms. The summed E-state index contributed by atoms with van der Waals surface area (Å²) in [6.45, 7) is 3.32. The number of carbonyl (C=O) groups is 1. The van der Waals surface area contributed by atoms with Crippen LogP contribution < -0.4 is 11.1 Å². The van der Waals surface area contributed by atoms with E-state index in [0.29, 0.717) is 12.5 Å². The normalized spacial score (nSPS) is 47.2. The van der Waals surface area contributed by atoms with Gasteiger partial charge in [-0.2, -0.15) is 0 Å². The van der Waals surface area contributed by atoms with Crippen molar-refractivity contribution in [2.24, 2.45) is 11.7 Å². The zero-order valence-electron chi connectivity index (χ0n) is 10.9. The van der Waals surface area contributed by atoms with Crippen LogP contribution in [-0.2, 0) is 14.3 Å². The number of ether oxygens (including phenoxy) is 2. The van der Waals surface area contributed by atoms with Crippen LogP contribution in [0.2, 0.25) is 0 Å². The van der Waals surface area contributed by atoms with Crippen LogP contribution in [0.5, 0.6) is 0 Å². The number of nitrogens with one attached hydrogen (secondary N) is 1. The second kappa shape index (κ2) is 4.47. The summed E-state index contributed by atoms with van der Waals surface area (Å²) in [5, 5.41) is 3.03. The molecular formula is C13H22N2O3. The van der Waals surface area contributed by atoms with Crippen LogP contribution in [0.4, 0.5) is 0 Å². The molecule has 0 spiro atoms. The van der Waals surface area contributed by atoms with Gasteiger partial charge in [0.2, 0.25) is 0 Å². The van der Waals surface area contributed by atoms with E-state index in [9.17, 15) is 4.79 Å². The molecule has 0 bridgehead atoms. The van der Waals surface area contributed by atoms with Gasteiger partial charge in [-0.15, -0.1) is 0 Å². The fourth-order valence-corrected chi connectivity index (χ4v) is 3.39. The zero-order valence-corrected chi connectivity index (χ0v) is 10.9. The third-order valence-electron chi connectivity index (χ3n) is 4.67. The molecule has 2 heterocycles. The predicted molar refractivity (Wildman–Crippen MR) is 66.0 cm³/mol. The highest BCUT2D eigenvalue weighted by Gasteiger charge is 2.52. The van der Waals surface area contributed by atoms with Crippen molar-refractivity contribution in [1.29, 1.82) is 0 Å². The van der Waals surface area contributed by atoms with Crippen molar-refractivity contribution in [2.75, 3.05) is 13.2 Å². The molecule has 3 rings (SSSR count). The third-order valence-corrected chi connectivity index (χ3v) is 4.67. The van der Waals surface area contributed by atoms with E-state index >= 15 is 0 Å². The molecule has 5 nitrogen and oxygen atoms in total. The SMILES string of the molecule is CC1(C(=O)NC2C(N)C3CCCOC32)CCCO1. The molecule has 0 aromatic carbocycles. The van der Waals surface area contributed by atoms with Crippen LogP contribution in [-0.4, -0.2) is 42.9 Å². The summed E-state index contributed by atoms with van der Waals surface area (Å²) in [6, 6.07) is -0.00641. The number of hydrogen-bond donors (Lipinski definition) is 2. The third kappa shape index (κ3) is 1.85. The summed E-state index contributed by atoms with van der Waals surface area (Å²) in [5.74, 6) is 0.384. The van der Waals surface area contributed by atoms with Gasteiger partial charge in [0.25, 0.3) is 5.91 Å². The molecule has 0 aromatic heterocycles. The quantitative estimate of drug-likeness (QED) is 0.737. The Morgan fingerprint density at radius 2 is 2.22 bits per heavy atom. The Kier molecular flexibility index (Phi) is 3.08. The first kappa shape index (κ1) is 12.4. The van der Waals surface area contributed by atoms with Gasteiger partial charge in [-0.05, 0) is 32.6 Å². The molecular weight excluding hydrogens is 232 g/mol. The van der Waals surface area contributed by atoms with E-state index in [4.69, 9.17) is 15.2 Å². The lowest BCUT2D eigenvalue weighted by atomic mass is 9.68. The first-order valence-electron chi connectivity index (χ1n) is 6.94. The van der Waals surface area contributed by atoms with E-state index in [0.717, 1.165) is 32.3 Å². The maximum atomic E-state index is 12.2. The topological polar surface area (TPSA) is 73.6 Å². The molecule has 1 aliphatic carbocycles. The van der Waals surface area contributed by atoms with Crippen molar-refractivity contribution in [3.63, 3.8) is 0 Å². The fourth-order valence-electron chi connectivity index (χ4n) is 3.39. The van der Waals surface area contributed by atoms with E-state index in [1.165, 1.54) is 0 Å². The van der Waals surface area contributed by atoms with Gasteiger partial charge in [-0.25, -0.2) is 0 Å². The fraction of sp³-hybridized carbons (Fsp3) is 0.923. The van der Waals surface area contributed by atoms with Crippen LogP contribution in [0.15, 0.2) is 0 Å². The van der Waals surface area contributed by atoms with Crippen LogP contribution in [0, 0.1) is 5.92 Å². The molecule has 2 aliphatic heterocycles. The van der Waals surface area contributed by atoms with Crippen LogP contribution in [0.1, 0.15) is 32.6 Å². The number of rotatable bonds is 2. The minimum atomic E-state index is -0.667. The Morgan fingerprint density at radius 3 is 2.94 bits per heavy atom. The monoisotopic (exact) mass is 254 g/mol. The Bertz CT molecular complexity index is 341. The zero-order chi connectivity index (χ0) is 12.8. The lowest BCUT2D eigenvalue weighted by Crippen LogP contribution is -2.73. The molecule has 0 radical (unpaired) electrons. The Morgan fingerprint density at radius 1 is 1.39 bits per heavy atom. The van der Waals surface area contributed by atoms with Gasteiger partial charge in [-0.1, -0.05) is 0 Å². The predicted octanol–water partition coefficient (Wildman–Crippen LogP) is 0.176.